The van der Waals surface area contributed by atoms with E-state index in [1.807, 2.05) is 63.2 Å². The van der Waals surface area contributed by atoms with Crippen LogP contribution in [0.25, 0.3) is 6.08 Å². The highest BCUT2D eigenvalue weighted by molar-refractivity contribution is 6.30. The van der Waals surface area contributed by atoms with E-state index in [2.05, 4.69) is 5.32 Å². The molecule has 0 atom stereocenters. The van der Waals surface area contributed by atoms with Gasteiger partial charge in [0.05, 0.1) is 6.61 Å². The molecule has 1 N–H and O–H groups in total. The molecule has 0 saturated heterocycles. The van der Waals surface area contributed by atoms with Crippen molar-refractivity contribution in [3.05, 3.63) is 93.5 Å². The summed E-state index contributed by atoms with van der Waals surface area (Å²) in [6.45, 7) is 6.77. The van der Waals surface area contributed by atoms with E-state index < -0.39 is 5.91 Å². The molecule has 0 aliphatic heterocycles. The van der Waals surface area contributed by atoms with E-state index in [9.17, 15) is 10.1 Å². The summed E-state index contributed by atoms with van der Waals surface area (Å²) in [5.41, 5.74) is 4.20. The maximum Gasteiger partial charge on any atom is 0.266 e. The number of halogens is 1. The molecule has 3 aromatic rings. The summed E-state index contributed by atoms with van der Waals surface area (Å²) in [5, 5.41) is 13.0. The number of rotatable bonds is 8. The molecule has 1 amide bonds. The summed E-state index contributed by atoms with van der Waals surface area (Å²) in [6, 6.07) is 20.3. The highest BCUT2D eigenvalue weighted by Crippen LogP contribution is 2.27. The Morgan fingerprint density at radius 1 is 1.03 bits per heavy atom. The van der Waals surface area contributed by atoms with E-state index in [0.29, 0.717) is 23.9 Å². The standard InChI is InChI=1S/C27H25ClN2O3/c1-4-32-25-11-9-24(10-12-25)30-27(31)22(16-29)15-21-13-18(2)26(19(3)14-21)33-17-20-5-7-23(28)8-6-20/h5-15H,4,17H2,1-3H3,(H,30,31)/b22-15+. The first-order valence-electron chi connectivity index (χ1n) is 10.5. The lowest BCUT2D eigenvalue weighted by molar-refractivity contribution is -0.112. The van der Waals surface area contributed by atoms with Crippen LogP contribution < -0.4 is 14.8 Å². The molecule has 0 aliphatic rings. The van der Waals surface area contributed by atoms with Crippen LogP contribution in [0.15, 0.2) is 66.2 Å². The predicted molar refractivity (Wildman–Crippen MR) is 132 cm³/mol. The minimum atomic E-state index is -0.472. The number of benzene rings is 3. The van der Waals surface area contributed by atoms with E-state index in [4.69, 9.17) is 21.1 Å². The van der Waals surface area contributed by atoms with Crippen LogP contribution in [0.2, 0.25) is 5.02 Å². The second kappa shape index (κ2) is 11.2. The van der Waals surface area contributed by atoms with E-state index in [1.165, 1.54) is 0 Å². The Labute approximate surface area is 199 Å². The fraction of sp³-hybridized carbons (Fsp3) is 0.185. The van der Waals surface area contributed by atoms with E-state index in [1.54, 1.807) is 30.3 Å². The Morgan fingerprint density at radius 2 is 1.67 bits per heavy atom. The first-order chi connectivity index (χ1) is 15.9. The third-order valence-electron chi connectivity index (χ3n) is 4.88. The molecule has 0 aliphatic carbocycles. The first kappa shape index (κ1) is 23.9. The van der Waals surface area contributed by atoms with Crippen molar-refractivity contribution in [1.82, 2.24) is 0 Å². The zero-order valence-corrected chi connectivity index (χ0v) is 19.6. The van der Waals surface area contributed by atoms with Crippen molar-refractivity contribution >= 4 is 29.3 Å². The Bertz CT molecular complexity index is 1170. The molecule has 0 unspecified atom stereocenters. The summed E-state index contributed by atoms with van der Waals surface area (Å²) in [4.78, 5) is 12.6. The van der Waals surface area contributed by atoms with Gasteiger partial charge in [-0.3, -0.25) is 4.79 Å². The Kier molecular flexibility index (Phi) is 8.12. The summed E-state index contributed by atoms with van der Waals surface area (Å²) in [6.07, 6.45) is 1.58. The SMILES string of the molecule is CCOc1ccc(NC(=O)/C(C#N)=C/c2cc(C)c(OCc3ccc(Cl)cc3)c(C)c2)cc1. The molecule has 6 heteroatoms. The Morgan fingerprint density at radius 3 is 2.24 bits per heavy atom. The van der Waals surface area contributed by atoms with Crippen molar-refractivity contribution in [1.29, 1.82) is 5.26 Å². The van der Waals surface area contributed by atoms with Gasteiger partial charge < -0.3 is 14.8 Å². The lowest BCUT2D eigenvalue weighted by Crippen LogP contribution is -2.13. The molecule has 0 saturated carbocycles. The molecule has 33 heavy (non-hydrogen) atoms. The van der Waals surface area contributed by atoms with Crippen LogP contribution >= 0.6 is 11.6 Å². The second-order valence-corrected chi connectivity index (χ2v) is 7.92. The fourth-order valence-corrected chi connectivity index (χ4v) is 3.47. The van der Waals surface area contributed by atoms with Gasteiger partial charge in [-0.05, 0) is 97.6 Å². The molecule has 3 aromatic carbocycles. The Hall–Kier alpha value is -3.75. The van der Waals surface area contributed by atoms with Crippen LogP contribution in [-0.4, -0.2) is 12.5 Å². The first-order valence-corrected chi connectivity index (χ1v) is 10.9. The van der Waals surface area contributed by atoms with Crippen LogP contribution in [-0.2, 0) is 11.4 Å². The molecule has 3 rings (SSSR count). The lowest BCUT2D eigenvalue weighted by atomic mass is 10.0. The molecule has 168 valence electrons. The largest absolute Gasteiger partial charge is 0.494 e. The number of aryl methyl sites for hydroxylation is 2. The molecule has 0 spiro atoms. The van der Waals surface area contributed by atoms with Gasteiger partial charge >= 0.3 is 0 Å². The predicted octanol–water partition coefficient (Wildman–Crippen LogP) is 6.48. The average molecular weight is 461 g/mol. The number of carbonyl (C=O) groups is 1. The van der Waals surface area contributed by atoms with Crippen molar-refractivity contribution in [2.24, 2.45) is 0 Å². The van der Waals surface area contributed by atoms with Crippen molar-refractivity contribution in [3.63, 3.8) is 0 Å². The van der Waals surface area contributed by atoms with E-state index in [0.717, 1.165) is 33.8 Å². The molecular formula is C27H25ClN2O3. The molecule has 0 fully saturated rings. The van der Waals surface area contributed by atoms with Crippen LogP contribution in [0.3, 0.4) is 0 Å². The number of amides is 1. The molecule has 0 heterocycles. The number of ether oxygens (including phenoxy) is 2. The van der Waals surface area contributed by atoms with Crippen LogP contribution in [0.4, 0.5) is 5.69 Å². The van der Waals surface area contributed by atoms with Crippen LogP contribution in [0.1, 0.15) is 29.2 Å². The molecule has 5 nitrogen and oxygen atoms in total. The number of nitrogens with zero attached hydrogens (tertiary/aromatic N) is 1. The van der Waals surface area contributed by atoms with E-state index in [-0.39, 0.29) is 5.57 Å². The minimum Gasteiger partial charge on any atom is -0.494 e. The topological polar surface area (TPSA) is 71.3 Å². The minimum absolute atomic E-state index is 0.0116. The monoisotopic (exact) mass is 460 g/mol. The summed E-state index contributed by atoms with van der Waals surface area (Å²) < 4.78 is 11.4. The molecule has 0 radical (unpaired) electrons. The van der Waals surface area contributed by atoms with Crippen molar-refractivity contribution in [2.45, 2.75) is 27.4 Å². The highest BCUT2D eigenvalue weighted by atomic mass is 35.5. The quantitative estimate of drug-likeness (QED) is 0.308. The van der Waals surface area contributed by atoms with E-state index >= 15 is 0 Å². The van der Waals surface area contributed by atoms with Gasteiger partial charge in [-0.15, -0.1) is 0 Å². The van der Waals surface area contributed by atoms with Gasteiger partial charge in [0.1, 0.15) is 29.7 Å². The number of hydrogen-bond donors (Lipinski definition) is 1. The second-order valence-electron chi connectivity index (χ2n) is 7.48. The highest BCUT2D eigenvalue weighted by Gasteiger charge is 2.12. The van der Waals surface area contributed by atoms with Gasteiger partial charge in [0, 0.05) is 10.7 Å². The summed E-state index contributed by atoms with van der Waals surface area (Å²) in [5.74, 6) is 1.02. The van der Waals surface area contributed by atoms with Gasteiger partial charge in [-0.2, -0.15) is 5.26 Å². The van der Waals surface area contributed by atoms with Crippen molar-refractivity contribution < 1.29 is 14.3 Å². The molecule has 0 aromatic heterocycles. The van der Waals surface area contributed by atoms with Crippen LogP contribution in [0, 0.1) is 25.2 Å². The smallest absolute Gasteiger partial charge is 0.266 e. The average Bonchev–Trinajstić information content (AvgIpc) is 2.79. The molecule has 0 bridgehead atoms. The number of nitriles is 1. The van der Waals surface area contributed by atoms with Gasteiger partial charge in [-0.1, -0.05) is 23.7 Å². The third-order valence-corrected chi connectivity index (χ3v) is 5.13. The van der Waals surface area contributed by atoms with Crippen molar-refractivity contribution in [2.75, 3.05) is 11.9 Å². The van der Waals surface area contributed by atoms with Gasteiger partial charge in [0.2, 0.25) is 0 Å². The molecular weight excluding hydrogens is 436 g/mol. The van der Waals surface area contributed by atoms with Crippen molar-refractivity contribution in [3.8, 4) is 17.6 Å². The zero-order chi connectivity index (χ0) is 23.8. The van der Waals surface area contributed by atoms with Gasteiger partial charge in [-0.25, -0.2) is 0 Å². The Balaban J connectivity index is 1.72. The van der Waals surface area contributed by atoms with Gasteiger partial charge in [0.25, 0.3) is 5.91 Å². The maximum atomic E-state index is 12.6. The maximum absolute atomic E-state index is 12.6. The third kappa shape index (κ3) is 6.61. The lowest BCUT2D eigenvalue weighted by Gasteiger charge is -2.13. The zero-order valence-electron chi connectivity index (χ0n) is 18.8. The normalized spacial score (nSPS) is 10.9. The number of nitrogens with one attached hydrogen (secondary N) is 1. The summed E-state index contributed by atoms with van der Waals surface area (Å²) >= 11 is 5.93. The van der Waals surface area contributed by atoms with Crippen LogP contribution in [0.5, 0.6) is 11.5 Å². The summed E-state index contributed by atoms with van der Waals surface area (Å²) in [7, 11) is 0. The number of hydrogen-bond acceptors (Lipinski definition) is 4. The van der Waals surface area contributed by atoms with Gasteiger partial charge in [0.15, 0.2) is 0 Å². The number of anilines is 1. The fourth-order valence-electron chi connectivity index (χ4n) is 3.35. The number of carbonyl (C=O) groups excluding carboxylic acids is 1.